The number of hydrogen-bond acceptors (Lipinski definition) is 0. The number of allylic oxidation sites excluding steroid dienone is 5. The molecule has 4 aliphatic rings. The summed E-state index contributed by atoms with van der Waals surface area (Å²) in [6.45, 7) is 9.04. The highest BCUT2D eigenvalue weighted by Gasteiger charge is 2.54. The van der Waals surface area contributed by atoms with Crippen LogP contribution >= 0.6 is 0 Å². The molecule has 0 amide bonds. The molecule has 5 unspecified atom stereocenters. The molecule has 0 aromatic heterocycles. The second kappa shape index (κ2) is 4.86. The van der Waals surface area contributed by atoms with E-state index in [1.807, 2.05) is 11.1 Å². The zero-order valence-electron chi connectivity index (χ0n) is 13.8. The van der Waals surface area contributed by atoms with Gasteiger partial charge in [-0.15, -0.1) is 6.58 Å². The summed E-state index contributed by atoms with van der Waals surface area (Å²) in [5.41, 5.74) is 5.89. The van der Waals surface area contributed by atoms with Crippen molar-refractivity contribution in [2.45, 2.75) is 65.2 Å². The third-order valence-electron chi connectivity index (χ3n) is 7.64. The number of hydrogen-bond donors (Lipinski definition) is 0. The van der Waals surface area contributed by atoms with Crippen molar-refractivity contribution in [1.82, 2.24) is 0 Å². The minimum Gasteiger partial charge on any atom is -0.103 e. The standard InChI is InChI=1S/C21H30/c1-4-16-7-10-20-19-9-6-15-13-14(2)5-8-17(15)18(19)11-12-21(16,20)3/h4-5,16,18-20H,1,6-13H2,2-3H3. The molecule has 2 fully saturated rings. The molecular weight excluding hydrogens is 252 g/mol. The van der Waals surface area contributed by atoms with Gasteiger partial charge in [0.2, 0.25) is 0 Å². The SMILES string of the molecule is C=CC1CCC2C3CCC4=C(CC=C(C)C4)C3CCC12C. The molecule has 2 saturated carbocycles. The van der Waals surface area contributed by atoms with E-state index >= 15 is 0 Å². The Labute approximate surface area is 130 Å². The smallest absolute Gasteiger partial charge is 0.0108 e. The third kappa shape index (κ3) is 1.94. The number of rotatable bonds is 1. The zero-order chi connectivity index (χ0) is 14.6. The van der Waals surface area contributed by atoms with Crippen LogP contribution in [-0.2, 0) is 0 Å². The van der Waals surface area contributed by atoms with Gasteiger partial charge < -0.3 is 0 Å². The van der Waals surface area contributed by atoms with Crippen LogP contribution in [0.3, 0.4) is 0 Å². The van der Waals surface area contributed by atoms with Crippen LogP contribution in [0, 0.1) is 29.1 Å². The highest BCUT2D eigenvalue weighted by atomic mass is 14.6. The van der Waals surface area contributed by atoms with Crippen molar-refractivity contribution >= 4 is 0 Å². The maximum atomic E-state index is 4.14. The van der Waals surface area contributed by atoms with Crippen molar-refractivity contribution in [1.29, 1.82) is 0 Å². The molecule has 0 nitrogen and oxygen atoms in total. The van der Waals surface area contributed by atoms with Gasteiger partial charge in [-0.25, -0.2) is 0 Å². The molecule has 4 rings (SSSR count). The predicted molar refractivity (Wildman–Crippen MR) is 90.0 cm³/mol. The van der Waals surface area contributed by atoms with E-state index in [0.29, 0.717) is 5.41 Å². The first-order chi connectivity index (χ1) is 10.1. The van der Waals surface area contributed by atoms with Crippen LogP contribution in [0.25, 0.3) is 0 Å². The van der Waals surface area contributed by atoms with Gasteiger partial charge in [0.25, 0.3) is 0 Å². The van der Waals surface area contributed by atoms with Gasteiger partial charge in [0, 0.05) is 0 Å². The van der Waals surface area contributed by atoms with Crippen molar-refractivity contribution < 1.29 is 0 Å². The molecule has 0 spiro atoms. The van der Waals surface area contributed by atoms with Gasteiger partial charge in [-0.1, -0.05) is 35.8 Å². The fourth-order valence-electron chi connectivity index (χ4n) is 6.50. The van der Waals surface area contributed by atoms with Crippen molar-refractivity contribution in [2.75, 3.05) is 0 Å². The predicted octanol–water partition coefficient (Wildman–Crippen LogP) is 6.06. The molecule has 114 valence electrons. The van der Waals surface area contributed by atoms with Crippen LogP contribution in [0.1, 0.15) is 65.2 Å². The summed E-state index contributed by atoms with van der Waals surface area (Å²) in [6, 6.07) is 0. The Morgan fingerprint density at radius 1 is 1.24 bits per heavy atom. The molecule has 0 aliphatic heterocycles. The largest absolute Gasteiger partial charge is 0.103 e. The lowest BCUT2D eigenvalue weighted by molar-refractivity contribution is 0.0257. The lowest BCUT2D eigenvalue weighted by atomic mass is 9.53. The van der Waals surface area contributed by atoms with E-state index in [4.69, 9.17) is 0 Å². The van der Waals surface area contributed by atoms with Crippen LogP contribution in [0.15, 0.2) is 35.5 Å². The van der Waals surface area contributed by atoms with Crippen molar-refractivity contribution in [3.8, 4) is 0 Å². The summed E-state index contributed by atoms with van der Waals surface area (Å²) < 4.78 is 0. The molecule has 0 heterocycles. The van der Waals surface area contributed by atoms with Gasteiger partial charge in [0.05, 0.1) is 0 Å². The number of fused-ring (bicyclic) bond motifs is 4. The van der Waals surface area contributed by atoms with E-state index < -0.39 is 0 Å². The Bertz CT molecular complexity index is 520. The lowest BCUT2D eigenvalue weighted by Gasteiger charge is -2.51. The Morgan fingerprint density at radius 3 is 2.90 bits per heavy atom. The molecule has 0 saturated heterocycles. The fraction of sp³-hybridized carbons (Fsp3) is 0.714. The molecule has 0 radical (unpaired) electrons. The van der Waals surface area contributed by atoms with E-state index in [1.54, 1.807) is 5.57 Å². The van der Waals surface area contributed by atoms with E-state index in [1.165, 1.54) is 51.4 Å². The minimum atomic E-state index is 0.571. The van der Waals surface area contributed by atoms with Crippen LogP contribution < -0.4 is 0 Å². The van der Waals surface area contributed by atoms with Crippen molar-refractivity contribution in [2.24, 2.45) is 29.1 Å². The summed E-state index contributed by atoms with van der Waals surface area (Å²) >= 11 is 0. The van der Waals surface area contributed by atoms with E-state index in [0.717, 1.165) is 23.7 Å². The Kier molecular flexibility index (Phi) is 3.21. The molecule has 0 aromatic rings. The average molecular weight is 282 g/mol. The van der Waals surface area contributed by atoms with Crippen LogP contribution in [0.5, 0.6) is 0 Å². The molecule has 0 aromatic carbocycles. The van der Waals surface area contributed by atoms with E-state index in [-0.39, 0.29) is 0 Å². The second-order valence-electron chi connectivity index (χ2n) is 8.44. The average Bonchev–Trinajstić information content (AvgIpc) is 2.83. The fourth-order valence-corrected chi connectivity index (χ4v) is 6.50. The van der Waals surface area contributed by atoms with Crippen LogP contribution in [0.4, 0.5) is 0 Å². The summed E-state index contributed by atoms with van der Waals surface area (Å²) in [6.07, 6.45) is 16.0. The van der Waals surface area contributed by atoms with Gasteiger partial charge in [-0.2, -0.15) is 0 Å². The molecule has 21 heavy (non-hydrogen) atoms. The second-order valence-corrected chi connectivity index (χ2v) is 8.44. The van der Waals surface area contributed by atoms with Gasteiger partial charge in [0.1, 0.15) is 0 Å². The Hall–Kier alpha value is -0.780. The maximum absolute atomic E-state index is 4.14. The topological polar surface area (TPSA) is 0 Å². The summed E-state index contributed by atoms with van der Waals surface area (Å²) in [4.78, 5) is 0. The Morgan fingerprint density at radius 2 is 2.10 bits per heavy atom. The highest BCUT2D eigenvalue weighted by Crippen LogP contribution is 2.63. The van der Waals surface area contributed by atoms with Gasteiger partial charge in [-0.3, -0.25) is 0 Å². The van der Waals surface area contributed by atoms with Crippen molar-refractivity contribution in [3.63, 3.8) is 0 Å². The van der Waals surface area contributed by atoms with E-state index in [9.17, 15) is 0 Å². The van der Waals surface area contributed by atoms with Crippen molar-refractivity contribution in [3.05, 3.63) is 35.5 Å². The molecule has 0 heteroatoms. The molecule has 0 bridgehead atoms. The quantitative estimate of drug-likeness (QED) is 0.513. The first-order valence-electron chi connectivity index (χ1n) is 9.12. The highest BCUT2D eigenvalue weighted by molar-refractivity contribution is 5.33. The van der Waals surface area contributed by atoms with Gasteiger partial charge >= 0.3 is 0 Å². The van der Waals surface area contributed by atoms with Gasteiger partial charge in [-0.05, 0) is 87.4 Å². The summed E-state index contributed by atoms with van der Waals surface area (Å²) in [5, 5.41) is 0. The third-order valence-corrected chi connectivity index (χ3v) is 7.64. The molecule has 0 N–H and O–H groups in total. The summed E-state index contributed by atoms with van der Waals surface area (Å²) in [7, 11) is 0. The Balaban J connectivity index is 1.63. The summed E-state index contributed by atoms with van der Waals surface area (Å²) in [5.74, 6) is 3.67. The zero-order valence-corrected chi connectivity index (χ0v) is 13.8. The van der Waals surface area contributed by atoms with Gasteiger partial charge in [0.15, 0.2) is 0 Å². The molecule has 5 atom stereocenters. The molecule has 4 aliphatic carbocycles. The monoisotopic (exact) mass is 282 g/mol. The van der Waals surface area contributed by atoms with Crippen LogP contribution in [-0.4, -0.2) is 0 Å². The first-order valence-corrected chi connectivity index (χ1v) is 9.12. The lowest BCUT2D eigenvalue weighted by Crippen LogP contribution is -2.43. The normalized spacial score (nSPS) is 45.5. The van der Waals surface area contributed by atoms with Crippen LogP contribution in [0.2, 0.25) is 0 Å². The van der Waals surface area contributed by atoms with E-state index in [2.05, 4.69) is 32.6 Å². The maximum Gasteiger partial charge on any atom is -0.0108 e. The minimum absolute atomic E-state index is 0.571. The first kappa shape index (κ1) is 13.9. The molecular formula is C21H30.